The number of hydrogen-bond donors (Lipinski definition) is 0. The second kappa shape index (κ2) is 9.77. The lowest BCUT2D eigenvalue weighted by Gasteiger charge is -2.17. The van der Waals surface area contributed by atoms with Gasteiger partial charge in [0.25, 0.3) is 0 Å². The zero-order valence-electron chi connectivity index (χ0n) is 15.3. The average molecular weight is 442 g/mol. The summed E-state index contributed by atoms with van der Waals surface area (Å²) >= 11 is 9.26. The van der Waals surface area contributed by atoms with Crippen molar-refractivity contribution in [1.82, 2.24) is 0 Å². The molecule has 0 radical (unpaired) electrons. The average Bonchev–Trinajstić information content (AvgIpc) is 2.72. The first-order valence-electron chi connectivity index (χ1n) is 9.06. The van der Waals surface area contributed by atoms with Crippen molar-refractivity contribution in [2.24, 2.45) is 0 Å². The SMILES string of the molecule is CC/C(=C(\c1ccc(Br)cc1)c1ccc(OCCCl)cc1)c1ccccc1. The molecule has 0 fully saturated rings. The van der Waals surface area contributed by atoms with E-state index in [0.29, 0.717) is 12.5 Å². The normalized spacial score (nSPS) is 11.8. The van der Waals surface area contributed by atoms with Crippen LogP contribution in [0.15, 0.2) is 83.3 Å². The Morgan fingerprint density at radius 3 is 1.96 bits per heavy atom. The van der Waals surface area contributed by atoms with Gasteiger partial charge in [0.15, 0.2) is 0 Å². The van der Waals surface area contributed by atoms with Crippen molar-refractivity contribution in [3.63, 3.8) is 0 Å². The smallest absolute Gasteiger partial charge is 0.119 e. The standard InChI is InChI=1S/C24H22BrClO/c1-2-23(18-6-4-3-5-7-18)24(19-8-12-21(25)13-9-19)20-10-14-22(15-11-20)27-17-16-26/h3-15H,2,16-17H2,1H3/b24-23-. The third-order valence-corrected chi connectivity index (χ3v) is 5.08. The van der Waals surface area contributed by atoms with Crippen molar-refractivity contribution < 1.29 is 4.74 Å². The molecule has 3 aromatic carbocycles. The van der Waals surface area contributed by atoms with Gasteiger partial charge in [-0.15, -0.1) is 11.6 Å². The molecule has 0 unspecified atom stereocenters. The summed E-state index contributed by atoms with van der Waals surface area (Å²) in [4.78, 5) is 0. The molecule has 0 bridgehead atoms. The van der Waals surface area contributed by atoms with Gasteiger partial charge in [-0.25, -0.2) is 0 Å². The van der Waals surface area contributed by atoms with Gasteiger partial charge >= 0.3 is 0 Å². The molecule has 0 heterocycles. The molecule has 0 aliphatic rings. The summed E-state index contributed by atoms with van der Waals surface area (Å²) in [6, 6.07) is 27.4. The van der Waals surface area contributed by atoms with E-state index in [1.54, 1.807) is 0 Å². The van der Waals surface area contributed by atoms with Crippen molar-refractivity contribution in [3.8, 4) is 5.75 Å². The summed E-state index contributed by atoms with van der Waals surface area (Å²) in [6.45, 7) is 2.72. The van der Waals surface area contributed by atoms with E-state index in [1.807, 2.05) is 12.1 Å². The van der Waals surface area contributed by atoms with Crippen molar-refractivity contribution in [2.75, 3.05) is 12.5 Å². The van der Waals surface area contributed by atoms with Gasteiger partial charge in [-0.3, -0.25) is 0 Å². The molecule has 0 saturated carbocycles. The molecule has 0 saturated heterocycles. The van der Waals surface area contributed by atoms with Crippen LogP contribution >= 0.6 is 27.5 Å². The van der Waals surface area contributed by atoms with E-state index in [1.165, 1.54) is 27.8 Å². The van der Waals surface area contributed by atoms with E-state index in [9.17, 15) is 0 Å². The predicted octanol–water partition coefficient (Wildman–Crippen LogP) is 7.44. The van der Waals surface area contributed by atoms with Crippen LogP contribution < -0.4 is 4.74 Å². The van der Waals surface area contributed by atoms with E-state index in [4.69, 9.17) is 16.3 Å². The second-order valence-corrected chi connectivity index (χ2v) is 7.44. The third-order valence-electron chi connectivity index (χ3n) is 4.40. The van der Waals surface area contributed by atoms with Crippen LogP contribution in [-0.4, -0.2) is 12.5 Å². The number of hydrogen-bond acceptors (Lipinski definition) is 1. The first-order valence-corrected chi connectivity index (χ1v) is 10.4. The van der Waals surface area contributed by atoms with Crippen LogP contribution in [0.2, 0.25) is 0 Å². The maximum absolute atomic E-state index is 5.72. The number of ether oxygens (including phenoxy) is 1. The Morgan fingerprint density at radius 2 is 1.41 bits per heavy atom. The Kier molecular flexibility index (Phi) is 7.14. The van der Waals surface area contributed by atoms with Crippen LogP contribution in [0.25, 0.3) is 11.1 Å². The quantitative estimate of drug-likeness (QED) is 0.273. The summed E-state index contributed by atoms with van der Waals surface area (Å²) in [6.07, 6.45) is 0.944. The van der Waals surface area contributed by atoms with E-state index < -0.39 is 0 Å². The monoisotopic (exact) mass is 440 g/mol. The molecule has 0 amide bonds. The lowest BCUT2D eigenvalue weighted by Crippen LogP contribution is -1.99. The predicted molar refractivity (Wildman–Crippen MR) is 119 cm³/mol. The largest absolute Gasteiger partial charge is 0.492 e. The van der Waals surface area contributed by atoms with Crippen molar-refractivity contribution in [3.05, 3.63) is 100 Å². The van der Waals surface area contributed by atoms with Gasteiger partial charge in [0.2, 0.25) is 0 Å². The number of halogens is 2. The topological polar surface area (TPSA) is 9.23 Å². The molecule has 0 aliphatic heterocycles. The fraction of sp³-hybridized carbons (Fsp3) is 0.167. The molecule has 0 N–H and O–H groups in total. The zero-order chi connectivity index (χ0) is 19.1. The highest BCUT2D eigenvalue weighted by Crippen LogP contribution is 2.35. The fourth-order valence-corrected chi connectivity index (χ4v) is 3.51. The highest BCUT2D eigenvalue weighted by atomic mass is 79.9. The molecule has 27 heavy (non-hydrogen) atoms. The van der Waals surface area contributed by atoms with E-state index >= 15 is 0 Å². The molecule has 3 aromatic rings. The van der Waals surface area contributed by atoms with Crippen molar-refractivity contribution in [2.45, 2.75) is 13.3 Å². The minimum absolute atomic E-state index is 0.486. The summed E-state index contributed by atoms with van der Waals surface area (Å²) < 4.78 is 6.71. The minimum Gasteiger partial charge on any atom is -0.492 e. The molecular formula is C24H22BrClO. The Bertz CT molecular complexity index is 884. The van der Waals surface area contributed by atoms with E-state index in [0.717, 1.165) is 16.6 Å². The van der Waals surface area contributed by atoms with Crippen LogP contribution in [0.3, 0.4) is 0 Å². The lowest BCUT2D eigenvalue weighted by atomic mass is 9.88. The van der Waals surface area contributed by atoms with Gasteiger partial charge in [0, 0.05) is 4.47 Å². The van der Waals surface area contributed by atoms with Gasteiger partial charge in [0.05, 0.1) is 5.88 Å². The van der Waals surface area contributed by atoms with Crippen LogP contribution in [0, 0.1) is 0 Å². The van der Waals surface area contributed by atoms with Gasteiger partial charge < -0.3 is 4.74 Å². The molecule has 138 valence electrons. The van der Waals surface area contributed by atoms with Crippen LogP contribution in [-0.2, 0) is 0 Å². The Labute approximate surface area is 174 Å². The van der Waals surface area contributed by atoms with Crippen LogP contribution in [0.4, 0.5) is 0 Å². The Morgan fingerprint density at radius 1 is 0.815 bits per heavy atom. The van der Waals surface area contributed by atoms with Gasteiger partial charge in [-0.2, -0.15) is 0 Å². The summed E-state index contributed by atoms with van der Waals surface area (Å²) in [5.74, 6) is 1.33. The maximum atomic E-state index is 5.72. The highest BCUT2D eigenvalue weighted by molar-refractivity contribution is 9.10. The van der Waals surface area contributed by atoms with Gasteiger partial charge in [-0.05, 0) is 58.5 Å². The third kappa shape index (κ3) is 5.03. The van der Waals surface area contributed by atoms with E-state index in [2.05, 4.69) is 89.6 Å². The lowest BCUT2D eigenvalue weighted by molar-refractivity contribution is 0.343. The van der Waals surface area contributed by atoms with Gasteiger partial charge in [-0.1, -0.05) is 77.5 Å². The zero-order valence-corrected chi connectivity index (χ0v) is 17.6. The van der Waals surface area contributed by atoms with E-state index in [-0.39, 0.29) is 0 Å². The first kappa shape index (κ1) is 19.7. The van der Waals surface area contributed by atoms with Crippen molar-refractivity contribution in [1.29, 1.82) is 0 Å². The molecule has 1 nitrogen and oxygen atoms in total. The van der Waals surface area contributed by atoms with Gasteiger partial charge in [0.1, 0.15) is 12.4 Å². The summed E-state index contributed by atoms with van der Waals surface area (Å²) in [5, 5.41) is 0. The molecule has 3 rings (SSSR count). The number of allylic oxidation sites excluding steroid dienone is 1. The maximum Gasteiger partial charge on any atom is 0.119 e. The molecular weight excluding hydrogens is 420 g/mol. The number of alkyl halides is 1. The molecule has 0 atom stereocenters. The molecule has 0 aromatic heterocycles. The van der Waals surface area contributed by atoms with Crippen LogP contribution in [0.1, 0.15) is 30.0 Å². The number of benzene rings is 3. The minimum atomic E-state index is 0.486. The fourth-order valence-electron chi connectivity index (χ4n) is 3.17. The Hall–Kier alpha value is -2.03. The summed E-state index contributed by atoms with van der Waals surface area (Å²) in [7, 11) is 0. The molecule has 0 aliphatic carbocycles. The van der Waals surface area contributed by atoms with Crippen LogP contribution in [0.5, 0.6) is 5.75 Å². The highest BCUT2D eigenvalue weighted by Gasteiger charge is 2.13. The molecule has 0 spiro atoms. The first-order chi connectivity index (χ1) is 13.2. The van der Waals surface area contributed by atoms with Crippen molar-refractivity contribution >= 4 is 38.7 Å². The molecule has 3 heteroatoms. The summed E-state index contributed by atoms with van der Waals surface area (Å²) in [5.41, 5.74) is 6.21. The Balaban J connectivity index is 2.13. The second-order valence-electron chi connectivity index (χ2n) is 6.14. The number of rotatable bonds is 7.